The fourth-order valence-electron chi connectivity index (χ4n) is 3.37. The van der Waals surface area contributed by atoms with Crippen molar-refractivity contribution in [3.63, 3.8) is 0 Å². The molecule has 0 spiro atoms. The lowest BCUT2D eigenvalue weighted by atomic mass is 10.0. The zero-order valence-corrected chi connectivity index (χ0v) is 18.0. The maximum atomic E-state index is 6.24. The van der Waals surface area contributed by atoms with E-state index in [4.69, 9.17) is 4.74 Å². The van der Waals surface area contributed by atoms with Crippen molar-refractivity contribution in [2.75, 3.05) is 12.3 Å². The predicted molar refractivity (Wildman–Crippen MR) is 121 cm³/mol. The van der Waals surface area contributed by atoms with Gasteiger partial charge in [0, 0.05) is 31.5 Å². The van der Waals surface area contributed by atoms with Crippen molar-refractivity contribution in [1.29, 1.82) is 0 Å². The smallest absolute Gasteiger partial charge is 0.209 e. The summed E-state index contributed by atoms with van der Waals surface area (Å²) in [5.41, 5.74) is 3.61. The van der Waals surface area contributed by atoms with E-state index in [0.717, 1.165) is 29.7 Å². The Morgan fingerprint density at radius 1 is 1.07 bits per heavy atom. The summed E-state index contributed by atoms with van der Waals surface area (Å²) in [5.74, 6) is 1.81. The van der Waals surface area contributed by atoms with Crippen molar-refractivity contribution in [3.8, 4) is 5.75 Å². The Morgan fingerprint density at radius 3 is 2.80 bits per heavy atom. The number of nitrogens with zero attached hydrogens (tertiary/aromatic N) is 4. The second-order valence-electron chi connectivity index (χ2n) is 7.15. The molecule has 1 N–H and O–H groups in total. The Labute approximate surface area is 180 Å². The van der Waals surface area contributed by atoms with Crippen molar-refractivity contribution in [3.05, 3.63) is 77.4 Å². The SMILES string of the molecule is Cc1cccc(COc2ccc3ccccc3c2CNCCSc2nnnn2C)c1. The molecule has 3 aromatic carbocycles. The molecule has 0 aliphatic heterocycles. The number of nitrogens with one attached hydrogen (secondary N) is 1. The van der Waals surface area contributed by atoms with Crippen molar-refractivity contribution < 1.29 is 4.74 Å². The number of aryl methyl sites for hydroxylation is 2. The minimum atomic E-state index is 0.558. The Hall–Kier alpha value is -2.90. The number of fused-ring (bicyclic) bond motifs is 1. The molecule has 0 bridgehead atoms. The summed E-state index contributed by atoms with van der Waals surface area (Å²) in [7, 11) is 1.85. The first kappa shape index (κ1) is 20.4. The highest BCUT2D eigenvalue weighted by molar-refractivity contribution is 7.99. The second-order valence-corrected chi connectivity index (χ2v) is 8.21. The maximum absolute atomic E-state index is 6.24. The third-order valence-electron chi connectivity index (χ3n) is 4.87. The number of benzene rings is 3. The molecule has 0 saturated carbocycles. The molecule has 7 heteroatoms. The highest BCUT2D eigenvalue weighted by atomic mass is 32.2. The van der Waals surface area contributed by atoms with Crippen LogP contribution in [0.1, 0.15) is 16.7 Å². The van der Waals surface area contributed by atoms with Crippen LogP contribution in [0.5, 0.6) is 5.75 Å². The van der Waals surface area contributed by atoms with Crippen LogP contribution < -0.4 is 10.1 Å². The van der Waals surface area contributed by atoms with Crippen LogP contribution >= 0.6 is 11.8 Å². The van der Waals surface area contributed by atoms with Gasteiger partial charge in [-0.2, -0.15) is 0 Å². The zero-order valence-electron chi connectivity index (χ0n) is 17.2. The molecule has 0 saturated heterocycles. The first-order chi connectivity index (χ1) is 14.7. The van der Waals surface area contributed by atoms with Crippen LogP contribution in [-0.2, 0) is 20.2 Å². The lowest BCUT2D eigenvalue weighted by Crippen LogP contribution is -2.17. The van der Waals surface area contributed by atoms with E-state index in [1.54, 1.807) is 16.4 Å². The predicted octanol–water partition coefficient (Wildman–Crippen LogP) is 4.13. The minimum Gasteiger partial charge on any atom is -0.489 e. The van der Waals surface area contributed by atoms with Gasteiger partial charge in [0.15, 0.2) is 0 Å². The molecular formula is C23H25N5OS. The van der Waals surface area contributed by atoms with Gasteiger partial charge in [-0.1, -0.05) is 71.9 Å². The quantitative estimate of drug-likeness (QED) is 0.325. The van der Waals surface area contributed by atoms with Gasteiger partial charge in [-0.3, -0.25) is 0 Å². The lowest BCUT2D eigenvalue weighted by molar-refractivity contribution is 0.303. The van der Waals surface area contributed by atoms with Crippen LogP contribution in [0.2, 0.25) is 0 Å². The molecule has 0 radical (unpaired) electrons. The number of hydrogen-bond acceptors (Lipinski definition) is 6. The molecule has 1 heterocycles. The number of aromatic nitrogens is 4. The number of ether oxygens (including phenoxy) is 1. The summed E-state index contributed by atoms with van der Waals surface area (Å²) >= 11 is 1.64. The summed E-state index contributed by atoms with van der Waals surface area (Å²) in [6.45, 7) is 4.24. The fourth-order valence-corrected chi connectivity index (χ4v) is 4.11. The molecule has 4 rings (SSSR count). The fraction of sp³-hybridized carbons (Fsp3) is 0.261. The minimum absolute atomic E-state index is 0.558. The number of tetrazole rings is 1. The van der Waals surface area contributed by atoms with Crippen molar-refractivity contribution in [1.82, 2.24) is 25.5 Å². The normalized spacial score (nSPS) is 11.1. The third-order valence-corrected chi connectivity index (χ3v) is 5.88. The average molecular weight is 420 g/mol. The standard InChI is InChI=1S/C23H25N5OS/c1-17-6-5-7-18(14-17)16-29-22-11-10-19-8-3-4-9-20(19)21(22)15-24-12-13-30-23-25-26-27-28(23)2/h3-11,14,24H,12-13,15-16H2,1-2H3. The molecule has 0 unspecified atom stereocenters. The lowest BCUT2D eigenvalue weighted by Gasteiger charge is -2.15. The van der Waals surface area contributed by atoms with E-state index in [1.165, 1.54) is 27.5 Å². The van der Waals surface area contributed by atoms with E-state index in [2.05, 4.69) is 88.4 Å². The average Bonchev–Trinajstić information content (AvgIpc) is 3.17. The molecule has 30 heavy (non-hydrogen) atoms. The van der Waals surface area contributed by atoms with E-state index in [0.29, 0.717) is 6.61 Å². The van der Waals surface area contributed by atoms with Crippen LogP contribution in [0.15, 0.2) is 65.8 Å². The van der Waals surface area contributed by atoms with Crippen LogP contribution in [0.3, 0.4) is 0 Å². The van der Waals surface area contributed by atoms with E-state index in [1.807, 2.05) is 7.05 Å². The zero-order chi connectivity index (χ0) is 20.8. The highest BCUT2D eigenvalue weighted by Crippen LogP contribution is 2.29. The van der Waals surface area contributed by atoms with Gasteiger partial charge in [0.2, 0.25) is 5.16 Å². The molecule has 0 amide bonds. The summed E-state index contributed by atoms with van der Waals surface area (Å²) in [6, 6.07) is 21.1. The molecular weight excluding hydrogens is 394 g/mol. The molecule has 1 aromatic heterocycles. The highest BCUT2D eigenvalue weighted by Gasteiger charge is 2.10. The Kier molecular flexibility index (Phi) is 6.61. The summed E-state index contributed by atoms with van der Waals surface area (Å²) in [6.07, 6.45) is 0. The van der Waals surface area contributed by atoms with E-state index < -0.39 is 0 Å². The van der Waals surface area contributed by atoms with E-state index >= 15 is 0 Å². The third kappa shape index (κ3) is 4.98. The Bertz CT molecular complexity index is 1130. The van der Waals surface area contributed by atoms with Gasteiger partial charge in [-0.25, -0.2) is 4.68 Å². The number of thioether (sulfide) groups is 1. The molecule has 0 fully saturated rings. The first-order valence-corrected chi connectivity index (χ1v) is 10.9. The van der Waals surface area contributed by atoms with E-state index in [-0.39, 0.29) is 0 Å². The van der Waals surface area contributed by atoms with Gasteiger partial charge in [0.1, 0.15) is 12.4 Å². The van der Waals surface area contributed by atoms with Crippen LogP contribution in [0.25, 0.3) is 10.8 Å². The number of hydrogen-bond donors (Lipinski definition) is 1. The molecule has 6 nitrogen and oxygen atoms in total. The summed E-state index contributed by atoms with van der Waals surface area (Å²) < 4.78 is 7.93. The molecule has 0 aliphatic carbocycles. The topological polar surface area (TPSA) is 64.9 Å². The molecule has 0 atom stereocenters. The number of rotatable bonds is 9. The summed E-state index contributed by atoms with van der Waals surface area (Å²) in [4.78, 5) is 0. The van der Waals surface area contributed by atoms with Gasteiger partial charge < -0.3 is 10.1 Å². The first-order valence-electron chi connectivity index (χ1n) is 9.95. The van der Waals surface area contributed by atoms with Gasteiger partial charge in [-0.15, -0.1) is 5.10 Å². The van der Waals surface area contributed by atoms with Gasteiger partial charge in [0.05, 0.1) is 0 Å². The van der Waals surface area contributed by atoms with Crippen molar-refractivity contribution in [2.24, 2.45) is 7.05 Å². The monoisotopic (exact) mass is 419 g/mol. The molecule has 0 aliphatic rings. The van der Waals surface area contributed by atoms with Gasteiger partial charge in [-0.05, 0) is 39.8 Å². The molecule has 154 valence electrons. The van der Waals surface area contributed by atoms with Crippen LogP contribution in [0.4, 0.5) is 0 Å². The van der Waals surface area contributed by atoms with Gasteiger partial charge in [0.25, 0.3) is 0 Å². The van der Waals surface area contributed by atoms with Crippen LogP contribution in [-0.4, -0.2) is 32.5 Å². The Balaban J connectivity index is 1.44. The molecule has 4 aromatic rings. The maximum Gasteiger partial charge on any atom is 0.209 e. The Morgan fingerprint density at radius 2 is 1.97 bits per heavy atom. The second kappa shape index (κ2) is 9.73. The van der Waals surface area contributed by atoms with E-state index in [9.17, 15) is 0 Å². The summed E-state index contributed by atoms with van der Waals surface area (Å²) in [5, 5.41) is 18.3. The van der Waals surface area contributed by atoms with Crippen molar-refractivity contribution in [2.45, 2.75) is 25.2 Å². The van der Waals surface area contributed by atoms with Crippen molar-refractivity contribution >= 4 is 22.5 Å². The van der Waals surface area contributed by atoms with Gasteiger partial charge >= 0.3 is 0 Å². The van der Waals surface area contributed by atoms with Crippen LogP contribution in [0, 0.1) is 6.92 Å². The largest absolute Gasteiger partial charge is 0.489 e.